The molecule has 0 unspecified atom stereocenters. The van der Waals surface area contributed by atoms with Crippen LogP contribution in [0.4, 0.5) is 5.82 Å². The Morgan fingerprint density at radius 1 is 1.50 bits per heavy atom. The van der Waals surface area contributed by atoms with Gasteiger partial charge in [0.2, 0.25) is 0 Å². The van der Waals surface area contributed by atoms with Crippen molar-refractivity contribution in [3.8, 4) is 0 Å². The monoisotopic (exact) mass is 278 g/mol. The van der Waals surface area contributed by atoms with Crippen molar-refractivity contribution in [2.45, 2.75) is 44.6 Å². The first-order valence-corrected chi connectivity index (χ1v) is 7.12. The van der Waals surface area contributed by atoms with Gasteiger partial charge in [-0.1, -0.05) is 13.3 Å². The molecule has 110 valence electrons. The third kappa shape index (κ3) is 3.28. The van der Waals surface area contributed by atoms with Gasteiger partial charge in [0.05, 0.1) is 11.2 Å². The quantitative estimate of drug-likeness (QED) is 0.802. The minimum Gasteiger partial charge on any atom is -0.478 e. The predicted molar refractivity (Wildman–Crippen MR) is 77.3 cm³/mol. The Bertz CT molecular complexity index is 478. The number of hydrogen-bond donors (Lipinski definition) is 2. The number of aromatic nitrogens is 1. The summed E-state index contributed by atoms with van der Waals surface area (Å²) in [4.78, 5) is 15.6. The number of carbonyl (C=O) groups is 1. The first kappa shape index (κ1) is 14.8. The molecule has 0 aromatic carbocycles. The summed E-state index contributed by atoms with van der Waals surface area (Å²) in [5, 5.41) is 12.4. The van der Waals surface area contributed by atoms with Crippen molar-refractivity contribution in [2.75, 3.05) is 19.0 Å². The summed E-state index contributed by atoms with van der Waals surface area (Å²) in [6.45, 7) is 2.72. The van der Waals surface area contributed by atoms with E-state index >= 15 is 0 Å². The highest BCUT2D eigenvalue weighted by Crippen LogP contribution is 2.35. The molecule has 0 atom stereocenters. The lowest BCUT2D eigenvalue weighted by molar-refractivity contribution is -0.0601. The third-order valence-corrected chi connectivity index (χ3v) is 3.92. The largest absolute Gasteiger partial charge is 0.478 e. The molecule has 20 heavy (non-hydrogen) atoms. The average molecular weight is 278 g/mol. The smallest absolute Gasteiger partial charge is 0.335 e. The van der Waals surface area contributed by atoms with E-state index in [1.165, 1.54) is 6.42 Å². The zero-order valence-corrected chi connectivity index (χ0v) is 12.1. The lowest BCUT2D eigenvalue weighted by atomic mass is 9.80. The highest BCUT2D eigenvalue weighted by Gasteiger charge is 2.36. The Morgan fingerprint density at radius 3 is 2.75 bits per heavy atom. The molecule has 1 fully saturated rings. The van der Waals surface area contributed by atoms with Gasteiger partial charge in [0.15, 0.2) is 0 Å². The van der Waals surface area contributed by atoms with Crippen LogP contribution < -0.4 is 5.32 Å². The molecule has 2 N–H and O–H groups in total. The van der Waals surface area contributed by atoms with Gasteiger partial charge in [0.25, 0.3) is 0 Å². The number of nitrogens with zero attached hydrogens (tertiary/aromatic N) is 1. The number of carboxylic acids is 1. The SMILES string of the molecule is CCCc1cc(C(=O)O)cc(NCC2(OC)CCC2)n1. The molecule has 1 aliphatic carbocycles. The summed E-state index contributed by atoms with van der Waals surface area (Å²) < 4.78 is 5.54. The van der Waals surface area contributed by atoms with E-state index in [0.717, 1.165) is 31.4 Å². The fourth-order valence-electron chi connectivity index (χ4n) is 2.46. The van der Waals surface area contributed by atoms with Crippen LogP contribution in [0.2, 0.25) is 0 Å². The summed E-state index contributed by atoms with van der Waals surface area (Å²) >= 11 is 0. The van der Waals surface area contributed by atoms with Crippen LogP contribution in [0.25, 0.3) is 0 Å². The number of anilines is 1. The van der Waals surface area contributed by atoms with Crippen LogP contribution in [0, 0.1) is 0 Å². The average Bonchev–Trinajstić information content (AvgIpc) is 2.38. The minimum absolute atomic E-state index is 0.105. The summed E-state index contributed by atoms with van der Waals surface area (Å²) in [5.41, 5.74) is 0.993. The molecule has 1 saturated carbocycles. The Hall–Kier alpha value is -1.62. The molecule has 1 aromatic rings. The van der Waals surface area contributed by atoms with Crippen LogP contribution in [0.1, 0.15) is 48.7 Å². The predicted octanol–water partition coefficient (Wildman–Crippen LogP) is 2.71. The molecule has 0 amide bonds. The number of aromatic carboxylic acids is 1. The summed E-state index contributed by atoms with van der Waals surface area (Å²) in [6, 6.07) is 3.23. The molecule has 2 rings (SSSR count). The van der Waals surface area contributed by atoms with Gasteiger partial charge in [-0.15, -0.1) is 0 Å². The van der Waals surface area contributed by atoms with Crippen LogP contribution >= 0.6 is 0 Å². The second-order valence-corrected chi connectivity index (χ2v) is 5.38. The number of rotatable bonds is 7. The van der Waals surface area contributed by atoms with E-state index in [1.54, 1.807) is 19.2 Å². The van der Waals surface area contributed by atoms with Crippen molar-refractivity contribution in [1.82, 2.24) is 4.98 Å². The first-order chi connectivity index (χ1) is 9.58. The van der Waals surface area contributed by atoms with Gasteiger partial charge in [-0.3, -0.25) is 0 Å². The summed E-state index contributed by atoms with van der Waals surface area (Å²) in [6.07, 6.45) is 4.98. The number of methoxy groups -OCH3 is 1. The number of aryl methyl sites for hydroxylation is 1. The molecule has 0 radical (unpaired) electrons. The standard InChI is InChI=1S/C15H22N2O3/c1-3-5-12-8-11(14(18)19)9-13(17-12)16-10-15(20-2)6-4-7-15/h8-9H,3-7,10H2,1-2H3,(H,16,17)(H,18,19). The van der Waals surface area contributed by atoms with Crippen molar-refractivity contribution in [2.24, 2.45) is 0 Å². The Kier molecular flexibility index (Phi) is 4.60. The Morgan fingerprint density at radius 2 is 2.25 bits per heavy atom. The highest BCUT2D eigenvalue weighted by molar-refractivity contribution is 5.88. The third-order valence-electron chi connectivity index (χ3n) is 3.92. The second kappa shape index (κ2) is 6.22. The zero-order valence-electron chi connectivity index (χ0n) is 12.1. The molecule has 1 aromatic heterocycles. The second-order valence-electron chi connectivity index (χ2n) is 5.38. The number of hydrogen-bond acceptors (Lipinski definition) is 4. The van der Waals surface area contributed by atoms with Crippen LogP contribution in [0.15, 0.2) is 12.1 Å². The van der Waals surface area contributed by atoms with Crippen LogP contribution in [-0.2, 0) is 11.2 Å². The molecule has 5 nitrogen and oxygen atoms in total. The number of ether oxygens (including phenoxy) is 1. The molecular formula is C15H22N2O3. The van der Waals surface area contributed by atoms with Crippen molar-refractivity contribution < 1.29 is 14.6 Å². The highest BCUT2D eigenvalue weighted by atomic mass is 16.5. The van der Waals surface area contributed by atoms with Crippen LogP contribution in [0.5, 0.6) is 0 Å². The molecule has 1 aliphatic rings. The maximum Gasteiger partial charge on any atom is 0.335 e. The fourth-order valence-corrected chi connectivity index (χ4v) is 2.46. The van der Waals surface area contributed by atoms with E-state index in [0.29, 0.717) is 12.4 Å². The Balaban J connectivity index is 2.11. The van der Waals surface area contributed by atoms with Gasteiger partial charge < -0.3 is 15.2 Å². The lowest BCUT2D eigenvalue weighted by Crippen LogP contribution is -2.45. The van der Waals surface area contributed by atoms with Crippen molar-refractivity contribution in [3.63, 3.8) is 0 Å². The van der Waals surface area contributed by atoms with Crippen molar-refractivity contribution in [3.05, 3.63) is 23.4 Å². The summed E-state index contributed by atoms with van der Waals surface area (Å²) in [5.74, 6) is -0.297. The maximum absolute atomic E-state index is 11.2. The van der Waals surface area contributed by atoms with E-state index < -0.39 is 5.97 Å². The van der Waals surface area contributed by atoms with Gasteiger partial charge in [-0.2, -0.15) is 0 Å². The molecule has 5 heteroatoms. The van der Waals surface area contributed by atoms with E-state index in [4.69, 9.17) is 9.84 Å². The number of pyridine rings is 1. The number of nitrogens with one attached hydrogen (secondary N) is 1. The molecular weight excluding hydrogens is 256 g/mol. The van der Waals surface area contributed by atoms with Crippen molar-refractivity contribution >= 4 is 11.8 Å². The molecule has 0 saturated heterocycles. The van der Waals surface area contributed by atoms with E-state index in [2.05, 4.69) is 17.2 Å². The van der Waals surface area contributed by atoms with Gasteiger partial charge in [0.1, 0.15) is 5.82 Å². The summed E-state index contributed by atoms with van der Waals surface area (Å²) in [7, 11) is 1.73. The lowest BCUT2D eigenvalue weighted by Gasteiger charge is -2.40. The molecule has 0 bridgehead atoms. The topological polar surface area (TPSA) is 71.5 Å². The van der Waals surface area contributed by atoms with E-state index in [9.17, 15) is 4.79 Å². The zero-order chi connectivity index (χ0) is 14.6. The Labute approximate surface area is 119 Å². The molecule has 1 heterocycles. The van der Waals surface area contributed by atoms with Crippen LogP contribution in [0.3, 0.4) is 0 Å². The van der Waals surface area contributed by atoms with E-state index in [-0.39, 0.29) is 11.2 Å². The van der Waals surface area contributed by atoms with Crippen molar-refractivity contribution in [1.29, 1.82) is 0 Å². The normalized spacial score (nSPS) is 16.5. The maximum atomic E-state index is 11.2. The molecule has 0 spiro atoms. The number of carboxylic acid groups (broad SMARTS) is 1. The van der Waals surface area contributed by atoms with Gasteiger partial charge >= 0.3 is 5.97 Å². The minimum atomic E-state index is -0.919. The van der Waals surface area contributed by atoms with Gasteiger partial charge in [0, 0.05) is 19.3 Å². The van der Waals surface area contributed by atoms with Gasteiger partial charge in [-0.05, 0) is 37.8 Å². The first-order valence-electron chi connectivity index (χ1n) is 7.12. The van der Waals surface area contributed by atoms with Crippen LogP contribution in [-0.4, -0.2) is 35.3 Å². The van der Waals surface area contributed by atoms with E-state index in [1.807, 2.05) is 0 Å². The molecule has 0 aliphatic heterocycles. The fraction of sp³-hybridized carbons (Fsp3) is 0.600. The van der Waals surface area contributed by atoms with Gasteiger partial charge in [-0.25, -0.2) is 9.78 Å².